The molecule has 0 aromatic heterocycles. The number of hydrogen-bond acceptors (Lipinski definition) is 3. The van der Waals surface area contributed by atoms with Crippen molar-refractivity contribution in [3.63, 3.8) is 0 Å². The normalized spacial score (nSPS) is 9.47. The molecule has 0 fully saturated rings. The topological polar surface area (TPSA) is 35.5 Å². The Labute approximate surface area is 89.3 Å². The molecule has 0 saturated carbocycles. The SMILES string of the molecule is C=CCc1c(OC)ccc(C=O)c1OC. The number of benzene rings is 1. The van der Waals surface area contributed by atoms with Gasteiger partial charge < -0.3 is 9.47 Å². The monoisotopic (exact) mass is 206 g/mol. The largest absolute Gasteiger partial charge is 0.496 e. The third kappa shape index (κ3) is 2.18. The zero-order valence-electron chi connectivity index (χ0n) is 8.95. The molecule has 80 valence electrons. The van der Waals surface area contributed by atoms with E-state index in [1.165, 1.54) is 7.11 Å². The second-order valence-electron chi connectivity index (χ2n) is 2.98. The molecule has 0 spiro atoms. The van der Waals surface area contributed by atoms with E-state index in [1.54, 1.807) is 25.3 Å². The number of methoxy groups -OCH3 is 2. The fourth-order valence-electron chi connectivity index (χ4n) is 1.49. The average molecular weight is 206 g/mol. The van der Waals surface area contributed by atoms with Crippen LogP contribution in [0, 0.1) is 0 Å². The van der Waals surface area contributed by atoms with Gasteiger partial charge in [-0.25, -0.2) is 0 Å². The van der Waals surface area contributed by atoms with Crippen LogP contribution >= 0.6 is 0 Å². The zero-order chi connectivity index (χ0) is 11.3. The van der Waals surface area contributed by atoms with Crippen molar-refractivity contribution in [1.82, 2.24) is 0 Å². The Morgan fingerprint density at radius 2 is 2.07 bits per heavy atom. The summed E-state index contributed by atoms with van der Waals surface area (Å²) < 4.78 is 10.4. The molecule has 0 bridgehead atoms. The molecule has 15 heavy (non-hydrogen) atoms. The predicted octanol–water partition coefficient (Wildman–Crippen LogP) is 2.24. The van der Waals surface area contributed by atoms with Crippen LogP contribution < -0.4 is 9.47 Å². The lowest BCUT2D eigenvalue weighted by Gasteiger charge is -2.13. The average Bonchev–Trinajstić information content (AvgIpc) is 2.28. The molecule has 3 nitrogen and oxygen atoms in total. The summed E-state index contributed by atoms with van der Waals surface area (Å²) in [6.45, 7) is 3.66. The molecular formula is C12H14O3. The van der Waals surface area contributed by atoms with Crippen LogP contribution in [0.5, 0.6) is 11.5 Å². The Balaban J connectivity index is 3.36. The summed E-state index contributed by atoms with van der Waals surface area (Å²) in [5, 5.41) is 0. The molecule has 0 radical (unpaired) electrons. The van der Waals surface area contributed by atoms with E-state index < -0.39 is 0 Å². The van der Waals surface area contributed by atoms with Crippen molar-refractivity contribution < 1.29 is 14.3 Å². The second kappa shape index (κ2) is 5.20. The predicted molar refractivity (Wildman–Crippen MR) is 58.8 cm³/mol. The molecule has 3 heteroatoms. The van der Waals surface area contributed by atoms with Crippen LogP contribution in [-0.4, -0.2) is 20.5 Å². The molecule has 0 saturated heterocycles. The lowest BCUT2D eigenvalue weighted by Crippen LogP contribution is -1.99. The van der Waals surface area contributed by atoms with Gasteiger partial charge in [-0.05, 0) is 18.6 Å². The Morgan fingerprint density at radius 1 is 1.33 bits per heavy atom. The quantitative estimate of drug-likeness (QED) is 0.547. The summed E-state index contributed by atoms with van der Waals surface area (Å²) in [6.07, 6.45) is 3.12. The summed E-state index contributed by atoms with van der Waals surface area (Å²) in [5.41, 5.74) is 1.37. The molecule has 0 atom stereocenters. The highest BCUT2D eigenvalue weighted by molar-refractivity contribution is 5.81. The molecule has 1 aromatic rings. The summed E-state index contributed by atoms with van der Waals surface area (Å²) >= 11 is 0. The molecule has 1 aromatic carbocycles. The van der Waals surface area contributed by atoms with Gasteiger partial charge in [-0.1, -0.05) is 6.08 Å². The number of carbonyl (C=O) groups is 1. The molecule has 0 aliphatic carbocycles. The molecule has 0 amide bonds. The molecule has 0 aliphatic rings. The first-order valence-electron chi connectivity index (χ1n) is 4.58. The van der Waals surface area contributed by atoms with E-state index in [0.717, 1.165) is 11.8 Å². The number of aldehydes is 1. The summed E-state index contributed by atoms with van der Waals surface area (Å²) in [5.74, 6) is 1.27. The number of rotatable bonds is 5. The Kier molecular flexibility index (Phi) is 3.92. The zero-order valence-corrected chi connectivity index (χ0v) is 8.95. The van der Waals surface area contributed by atoms with Gasteiger partial charge in [0.25, 0.3) is 0 Å². The van der Waals surface area contributed by atoms with Gasteiger partial charge in [0.2, 0.25) is 0 Å². The maximum atomic E-state index is 10.8. The highest BCUT2D eigenvalue weighted by atomic mass is 16.5. The first-order valence-corrected chi connectivity index (χ1v) is 4.58. The summed E-state index contributed by atoms with van der Waals surface area (Å²) in [7, 11) is 3.12. The van der Waals surface area contributed by atoms with Crippen LogP contribution in [0.2, 0.25) is 0 Å². The van der Waals surface area contributed by atoms with E-state index in [9.17, 15) is 4.79 Å². The van der Waals surface area contributed by atoms with E-state index in [4.69, 9.17) is 9.47 Å². The highest BCUT2D eigenvalue weighted by Crippen LogP contribution is 2.31. The van der Waals surface area contributed by atoms with E-state index >= 15 is 0 Å². The molecule has 0 unspecified atom stereocenters. The van der Waals surface area contributed by atoms with E-state index in [0.29, 0.717) is 23.5 Å². The maximum absolute atomic E-state index is 10.8. The van der Waals surface area contributed by atoms with E-state index in [-0.39, 0.29) is 0 Å². The number of carbonyl (C=O) groups excluding carboxylic acids is 1. The van der Waals surface area contributed by atoms with Gasteiger partial charge in [-0.15, -0.1) is 6.58 Å². The molecule has 0 N–H and O–H groups in total. The smallest absolute Gasteiger partial charge is 0.153 e. The fourth-order valence-corrected chi connectivity index (χ4v) is 1.49. The fraction of sp³-hybridized carbons (Fsp3) is 0.250. The van der Waals surface area contributed by atoms with E-state index in [2.05, 4.69) is 6.58 Å². The van der Waals surface area contributed by atoms with Crippen LogP contribution in [0.3, 0.4) is 0 Å². The Bertz CT molecular complexity index is 369. The standard InChI is InChI=1S/C12H14O3/c1-4-5-10-11(14-2)7-6-9(8-13)12(10)15-3/h4,6-8H,1,5H2,2-3H3. The van der Waals surface area contributed by atoms with Gasteiger partial charge in [0.05, 0.1) is 19.8 Å². The van der Waals surface area contributed by atoms with Crippen molar-refractivity contribution in [3.8, 4) is 11.5 Å². The lowest BCUT2D eigenvalue weighted by molar-refractivity contribution is 0.112. The van der Waals surface area contributed by atoms with Crippen molar-refractivity contribution in [2.45, 2.75) is 6.42 Å². The van der Waals surface area contributed by atoms with Crippen LogP contribution in [-0.2, 0) is 6.42 Å². The van der Waals surface area contributed by atoms with Gasteiger partial charge in [0.1, 0.15) is 11.5 Å². The van der Waals surface area contributed by atoms with Gasteiger partial charge in [0, 0.05) is 5.56 Å². The molecular weight excluding hydrogens is 192 g/mol. The summed E-state index contributed by atoms with van der Waals surface area (Å²) in [6, 6.07) is 3.43. The number of hydrogen-bond donors (Lipinski definition) is 0. The van der Waals surface area contributed by atoms with Crippen molar-refractivity contribution in [3.05, 3.63) is 35.9 Å². The van der Waals surface area contributed by atoms with Crippen LogP contribution in [0.1, 0.15) is 15.9 Å². The minimum atomic E-state index is 0.523. The molecule has 0 heterocycles. The van der Waals surface area contributed by atoms with Crippen LogP contribution in [0.15, 0.2) is 24.8 Å². The maximum Gasteiger partial charge on any atom is 0.153 e. The van der Waals surface area contributed by atoms with Crippen LogP contribution in [0.25, 0.3) is 0 Å². The number of allylic oxidation sites excluding steroid dienone is 1. The van der Waals surface area contributed by atoms with Gasteiger partial charge in [-0.3, -0.25) is 4.79 Å². The Hall–Kier alpha value is -1.77. The van der Waals surface area contributed by atoms with Crippen molar-refractivity contribution in [2.75, 3.05) is 14.2 Å². The Morgan fingerprint density at radius 3 is 2.53 bits per heavy atom. The minimum Gasteiger partial charge on any atom is -0.496 e. The minimum absolute atomic E-state index is 0.523. The third-order valence-corrected chi connectivity index (χ3v) is 2.15. The van der Waals surface area contributed by atoms with Crippen molar-refractivity contribution >= 4 is 6.29 Å². The highest BCUT2D eigenvalue weighted by Gasteiger charge is 2.12. The summed E-state index contributed by atoms with van der Waals surface area (Å²) in [4.78, 5) is 10.8. The third-order valence-electron chi connectivity index (χ3n) is 2.15. The van der Waals surface area contributed by atoms with Crippen LogP contribution in [0.4, 0.5) is 0 Å². The van der Waals surface area contributed by atoms with Crippen molar-refractivity contribution in [1.29, 1.82) is 0 Å². The first-order chi connectivity index (χ1) is 7.28. The number of ether oxygens (including phenoxy) is 2. The first kappa shape index (κ1) is 11.3. The van der Waals surface area contributed by atoms with Gasteiger partial charge in [-0.2, -0.15) is 0 Å². The van der Waals surface area contributed by atoms with Crippen molar-refractivity contribution in [2.24, 2.45) is 0 Å². The molecule has 1 rings (SSSR count). The lowest BCUT2D eigenvalue weighted by atomic mass is 10.1. The van der Waals surface area contributed by atoms with Gasteiger partial charge >= 0.3 is 0 Å². The van der Waals surface area contributed by atoms with Gasteiger partial charge in [0.15, 0.2) is 6.29 Å². The second-order valence-corrected chi connectivity index (χ2v) is 2.98. The molecule has 0 aliphatic heterocycles. The van der Waals surface area contributed by atoms with E-state index in [1.807, 2.05) is 0 Å².